The summed E-state index contributed by atoms with van der Waals surface area (Å²) in [6.07, 6.45) is 4.03. The van der Waals surface area contributed by atoms with Crippen LogP contribution in [0.2, 0.25) is 0 Å². The fourth-order valence-corrected chi connectivity index (χ4v) is 3.40. The van der Waals surface area contributed by atoms with Crippen molar-refractivity contribution in [2.45, 2.75) is 24.3 Å². The maximum atomic E-state index is 12.3. The van der Waals surface area contributed by atoms with E-state index in [-0.39, 0.29) is 10.9 Å². The van der Waals surface area contributed by atoms with Gasteiger partial charge in [-0.15, -0.1) is 11.6 Å². The molecule has 0 aliphatic heterocycles. The number of nitrogens with zero attached hydrogens (tertiary/aromatic N) is 1. The Hall–Kier alpha value is -1.43. The summed E-state index contributed by atoms with van der Waals surface area (Å²) in [6, 6.07) is 10.0. The van der Waals surface area contributed by atoms with E-state index in [0.717, 1.165) is 17.5 Å². The molecule has 1 aromatic carbocycles. The van der Waals surface area contributed by atoms with Crippen LogP contribution in [0, 0.1) is 0 Å². The molecule has 6 heteroatoms. The summed E-state index contributed by atoms with van der Waals surface area (Å²) in [7, 11) is -3.55. The first-order chi connectivity index (χ1) is 10.0. The smallest absolute Gasteiger partial charge is 0.241 e. The van der Waals surface area contributed by atoms with E-state index in [1.54, 1.807) is 49.6 Å². The second kappa shape index (κ2) is 7.02. The molecule has 0 aliphatic rings. The van der Waals surface area contributed by atoms with Gasteiger partial charge < -0.3 is 0 Å². The fourth-order valence-electron chi connectivity index (χ4n) is 1.95. The number of hydrogen-bond donors (Lipinski definition) is 1. The van der Waals surface area contributed by atoms with E-state index in [9.17, 15) is 8.42 Å². The number of aryl methyl sites for hydroxylation is 1. The van der Waals surface area contributed by atoms with E-state index in [4.69, 9.17) is 11.6 Å². The molecule has 1 N–H and O–H groups in total. The third kappa shape index (κ3) is 4.27. The summed E-state index contributed by atoms with van der Waals surface area (Å²) in [5.74, 6) is 0.516. The van der Waals surface area contributed by atoms with Crippen LogP contribution in [0.15, 0.2) is 53.7 Å². The first-order valence-electron chi connectivity index (χ1n) is 6.60. The zero-order valence-corrected chi connectivity index (χ0v) is 13.2. The molecule has 1 unspecified atom stereocenters. The topological polar surface area (TPSA) is 59.1 Å². The number of hydrogen-bond acceptors (Lipinski definition) is 3. The monoisotopic (exact) mass is 324 g/mol. The molecule has 1 heterocycles. The molecule has 0 radical (unpaired) electrons. The SMILES string of the molecule is CC(NS(=O)(=O)c1ccc(CCCl)cc1)c1cccnc1. The molecule has 2 aromatic rings. The van der Waals surface area contributed by atoms with Gasteiger partial charge in [0.15, 0.2) is 0 Å². The molecule has 21 heavy (non-hydrogen) atoms. The molecule has 1 atom stereocenters. The van der Waals surface area contributed by atoms with Gasteiger partial charge in [-0.1, -0.05) is 18.2 Å². The van der Waals surface area contributed by atoms with Crippen LogP contribution in [-0.4, -0.2) is 19.3 Å². The second-order valence-electron chi connectivity index (χ2n) is 4.71. The van der Waals surface area contributed by atoms with Crippen LogP contribution >= 0.6 is 11.6 Å². The third-order valence-corrected chi connectivity index (χ3v) is 4.88. The van der Waals surface area contributed by atoms with Crippen LogP contribution in [0.25, 0.3) is 0 Å². The lowest BCUT2D eigenvalue weighted by atomic mass is 10.2. The van der Waals surface area contributed by atoms with Gasteiger partial charge in [-0.2, -0.15) is 0 Å². The highest BCUT2D eigenvalue weighted by Crippen LogP contribution is 2.17. The predicted octanol–water partition coefficient (Wildman–Crippen LogP) is 2.90. The number of pyridine rings is 1. The average molecular weight is 325 g/mol. The number of benzene rings is 1. The first kappa shape index (κ1) is 15.9. The van der Waals surface area contributed by atoms with Gasteiger partial charge in [-0.05, 0) is 42.7 Å². The van der Waals surface area contributed by atoms with Gasteiger partial charge in [-0.3, -0.25) is 4.98 Å². The molecule has 1 aromatic heterocycles. The Kier molecular flexibility index (Phi) is 5.33. The second-order valence-corrected chi connectivity index (χ2v) is 6.80. The number of halogens is 1. The minimum Gasteiger partial charge on any atom is -0.264 e. The number of sulfonamides is 1. The summed E-state index contributed by atoms with van der Waals surface area (Å²) in [5, 5.41) is 0. The van der Waals surface area contributed by atoms with Crippen molar-refractivity contribution in [2.75, 3.05) is 5.88 Å². The van der Waals surface area contributed by atoms with Crippen molar-refractivity contribution in [2.24, 2.45) is 0 Å². The van der Waals surface area contributed by atoms with Crippen LogP contribution in [0.3, 0.4) is 0 Å². The van der Waals surface area contributed by atoms with E-state index in [0.29, 0.717) is 5.88 Å². The van der Waals surface area contributed by atoms with E-state index < -0.39 is 10.0 Å². The number of aromatic nitrogens is 1. The summed E-state index contributed by atoms with van der Waals surface area (Å²) in [4.78, 5) is 4.24. The Labute approximate surface area is 130 Å². The Morgan fingerprint density at radius 1 is 1.24 bits per heavy atom. The highest BCUT2D eigenvalue weighted by molar-refractivity contribution is 7.89. The van der Waals surface area contributed by atoms with Crippen LogP contribution in [0.1, 0.15) is 24.1 Å². The molecule has 0 aliphatic carbocycles. The van der Waals surface area contributed by atoms with Crippen molar-refractivity contribution in [1.29, 1.82) is 0 Å². The molecule has 4 nitrogen and oxygen atoms in total. The molecule has 0 saturated carbocycles. The minimum atomic E-state index is -3.55. The van der Waals surface area contributed by atoms with Crippen molar-refractivity contribution < 1.29 is 8.42 Å². The van der Waals surface area contributed by atoms with Gasteiger partial charge in [0.25, 0.3) is 0 Å². The normalized spacial score (nSPS) is 13.0. The number of rotatable bonds is 6. The van der Waals surface area contributed by atoms with Gasteiger partial charge in [0.2, 0.25) is 10.0 Å². The zero-order valence-electron chi connectivity index (χ0n) is 11.7. The van der Waals surface area contributed by atoms with Crippen LogP contribution in [-0.2, 0) is 16.4 Å². The van der Waals surface area contributed by atoms with Crippen molar-refractivity contribution in [3.05, 3.63) is 59.9 Å². The Bertz CT molecular complexity index is 673. The van der Waals surface area contributed by atoms with Crippen molar-refractivity contribution in [3.8, 4) is 0 Å². The first-order valence-corrected chi connectivity index (χ1v) is 8.62. The van der Waals surface area contributed by atoms with Gasteiger partial charge in [0.05, 0.1) is 4.90 Å². The Morgan fingerprint density at radius 2 is 1.95 bits per heavy atom. The van der Waals surface area contributed by atoms with Gasteiger partial charge in [0.1, 0.15) is 0 Å². The lowest BCUT2D eigenvalue weighted by Crippen LogP contribution is -2.26. The zero-order chi connectivity index (χ0) is 15.3. The quantitative estimate of drug-likeness (QED) is 0.831. The highest BCUT2D eigenvalue weighted by Gasteiger charge is 2.18. The molecular formula is C15H17ClN2O2S. The number of nitrogens with one attached hydrogen (secondary N) is 1. The van der Waals surface area contributed by atoms with Crippen molar-refractivity contribution in [1.82, 2.24) is 9.71 Å². The van der Waals surface area contributed by atoms with E-state index in [1.165, 1.54) is 0 Å². The van der Waals surface area contributed by atoms with Crippen LogP contribution < -0.4 is 4.72 Å². The molecule has 0 bridgehead atoms. The van der Waals surface area contributed by atoms with E-state index in [1.807, 2.05) is 6.07 Å². The Morgan fingerprint density at radius 3 is 2.52 bits per heavy atom. The summed E-state index contributed by atoms with van der Waals surface area (Å²) in [5.41, 5.74) is 1.84. The Balaban J connectivity index is 2.14. The van der Waals surface area contributed by atoms with E-state index >= 15 is 0 Å². The molecule has 2 rings (SSSR count). The predicted molar refractivity (Wildman–Crippen MR) is 83.8 cm³/mol. The van der Waals surface area contributed by atoms with Gasteiger partial charge in [0, 0.05) is 24.3 Å². The largest absolute Gasteiger partial charge is 0.264 e. The highest BCUT2D eigenvalue weighted by atomic mass is 35.5. The molecular weight excluding hydrogens is 308 g/mol. The summed E-state index contributed by atoms with van der Waals surface area (Å²) in [6.45, 7) is 1.79. The van der Waals surface area contributed by atoms with E-state index in [2.05, 4.69) is 9.71 Å². The van der Waals surface area contributed by atoms with Gasteiger partial charge in [-0.25, -0.2) is 13.1 Å². The number of alkyl halides is 1. The van der Waals surface area contributed by atoms with Crippen LogP contribution in [0.5, 0.6) is 0 Å². The molecule has 0 fully saturated rings. The fraction of sp³-hybridized carbons (Fsp3) is 0.267. The molecule has 0 spiro atoms. The third-order valence-electron chi connectivity index (χ3n) is 3.13. The molecule has 112 valence electrons. The maximum absolute atomic E-state index is 12.3. The minimum absolute atomic E-state index is 0.247. The lowest BCUT2D eigenvalue weighted by molar-refractivity contribution is 0.566. The van der Waals surface area contributed by atoms with Gasteiger partial charge >= 0.3 is 0 Å². The molecule has 0 saturated heterocycles. The average Bonchev–Trinajstić information content (AvgIpc) is 2.48. The summed E-state index contributed by atoms with van der Waals surface area (Å²) >= 11 is 5.67. The van der Waals surface area contributed by atoms with Crippen molar-refractivity contribution >= 4 is 21.6 Å². The standard InChI is InChI=1S/C15H17ClN2O2S/c1-12(14-3-2-10-17-11-14)18-21(19,20)15-6-4-13(5-7-15)8-9-16/h2-7,10-12,18H,8-9H2,1H3. The maximum Gasteiger partial charge on any atom is 0.241 e. The molecule has 0 amide bonds. The lowest BCUT2D eigenvalue weighted by Gasteiger charge is -2.14. The summed E-state index contributed by atoms with van der Waals surface area (Å²) < 4.78 is 27.3. The van der Waals surface area contributed by atoms with Crippen molar-refractivity contribution in [3.63, 3.8) is 0 Å². The van der Waals surface area contributed by atoms with Crippen LogP contribution in [0.4, 0.5) is 0 Å².